The van der Waals surface area contributed by atoms with Crippen molar-refractivity contribution in [3.8, 4) is 11.8 Å². The Kier molecular flexibility index (Phi) is 5.13. The lowest BCUT2D eigenvalue weighted by atomic mass is 10.1. The third kappa shape index (κ3) is 3.93. The number of aryl methyl sites for hydroxylation is 1. The lowest BCUT2D eigenvalue weighted by Crippen LogP contribution is -2.33. The molecule has 1 aromatic heterocycles. The summed E-state index contributed by atoms with van der Waals surface area (Å²) in [6.07, 6.45) is 0. The molecular formula is C21H18N4O2. The Labute approximate surface area is 156 Å². The molecule has 3 aromatic rings. The van der Waals surface area contributed by atoms with E-state index in [2.05, 4.69) is 11.2 Å². The number of amides is 1. The Morgan fingerprint density at radius 3 is 2.44 bits per heavy atom. The van der Waals surface area contributed by atoms with Crippen LogP contribution in [0.5, 0.6) is 0 Å². The Balaban J connectivity index is 1.89. The van der Waals surface area contributed by atoms with Crippen LogP contribution in [0.4, 0.5) is 0 Å². The van der Waals surface area contributed by atoms with Crippen LogP contribution in [0.3, 0.4) is 0 Å². The summed E-state index contributed by atoms with van der Waals surface area (Å²) < 4.78 is 1.59. The maximum absolute atomic E-state index is 12.8. The number of nitrogens with zero attached hydrogens (tertiary/aromatic N) is 4. The predicted molar refractivity (Wildman–Crippen MR) is 102 cm³/mol. The van der Waals surface area contributed by atoms with Gasteiger partial charge in [0.15, 0.2) is 5.69 Å². The number of aromatic nitrogens is 2. The fourth-order valence-corrected chi connectivity index (χ4v) is 2.74. The summed E-state index contributed by atoms with van der Waals surface area (Å²) in [6, 6.07) is 19.8. The van der Waals surface area contributed by atoms with Crippen molar-refractivity contribution in [2.75, 3.05) is 7.05 Å². The van der Waals surface area contributed by atoms with Gasteiger partial charge < -0.3 is 4.90 Å². The predicted octanol–water partition coefficient (Wildman–Crippen LogP) is 2.68. The molecule has 1 amide bonds. The van der Waals surface area contributed by atoms with Gasteiger partial charge in [0.25, 0.3) is 5.91 Å². The quantitative estimate of drug-likeness (QED) is 0.718. The zero-order valence-corrected chi connectivity index (χ0v) is 15.1. The SMILES string of the molecule is Cc1cc(=O)c(C(=O)N(C)Cc2ccc(C#N)cc2)nn1-c1ccccc1. The van der Waals surface area contributed by atoms with Crippen LogP contribution < -0.4 is 5.43 Å². The Bertz CT molecular complexity index is 1060. The Morgan fingerprint density at radius 2 is 1.81 bits per heavy atom. The summed E-state index contributed by atoms with van der Waals surface area (Å²) in [7, 11) is 1.62. The van der Waals surface area contributed by atoms with Crippen LogP contribution in [0.15, 0.2) is 65.5 Å². The van der Waals surface area contributed by atoms with Crippen molar-refractivity contribution in [1.29, 1.82) is 5.26 Å². The molecule has 6 nitrogen and oxygen atoms in total. The summed E-state index contributed by atoms with van der Waals surface area (Å²) in [5, 5.41) is 13.2. The van der Waals surface area contributed by atoms with E-state index in [1.54, 1.807) is 42.9 Å². The van der Waals surface area contributed by atoms with Crippen LogP contribution in [0.25, 0.3) is 5.69 Å². The molecule has 0 spiro atoms. The van der Waals surface area contributed by atoms with Gasteiger partial charge in [0, 0.05) is 25.4 Å². The number of nitriles is 1. The van der Waals surface area contributed by atoms with Crippen LogP contribution in [-0.4, -0.2) is 27.6 Å². The highest BCUT2D eigenvalue weighted by atomic mass is 16.2. The molecule has 0 saturated heterocycles. The molecule has 0 aliphatic rings. The molecule has 0 fully saturated rings. The highest BCUT2D eigenvalue weighted by molar-refractivity contribution is 5.91. The molecule has 6 heteroatoms. The van der Waals surface area contributed by atoms with Gasteiger partial charge in [0.1, 0.15) is 0 Å². The van der Waals surface area contributed by atoms with E-state index in [4.69, 9.17) is 5.26 Å². The smallest absolute Gasteiger partial charge is 0.278 e. The number of para-hydroxylation sites is 1. The molecule has 0 atom stereocenters. The van der Waals surface area contributed by atoms with Crippen LogP contribution in [-0.2, 0) is 6.54 Å². The lowest BCUT2D eigenvalue weighted by Gasteiger charge is -2.18. The highest BCUT2D eigenvalue weighted by Gasteiger charge is 2.19. The van der Waals surface area contributed by atoms with Gasteiger partial charge in [-0.15, -0.1) is 0 Å². The van der Waals surface area contributed by atoms with E-state index in [9.17, 15) is 9.59 Å². The number of hydrogen-bond acceptors (Lipinski definition) is 4. The van der Waals surface area contributed by atoms with Gasteiger partial charge in [0.05, 0.1) is 17.3 Å². The summed E-state index contributed by atoms with van der Waals surface area (Å²) in [5.41, 5.74) is 2.31. The first kappa shape index (κ1) is 18.1. The minimum Gasteiger partial charge on any atom is -0.336 e. The van der Waals surface area contributed by atoms with E-state index in [0.717, 1.165) is 11.3 Å². The lowest BCUT2D eigenvalue weighted by molar-refractivity contribution is 0.0776. The maximum atomic E-state index is 12.8. The number of carbonyl (C=O) groups is 1. The van der Waals surface area contributed by atoms with E-state index >= 15 is 0 Å². The molecule has 3 rings (SSSR count). The van der Waals surface area contributed by atoms with E-state index in [0.29, 0.717) is 17.8 Å². The maximum Gasteiger partial charge on any atom is 0.278 e. The molecule has 0 N–H and O–H groups in total. The molecule has 2 aromatic carbocycles. The van der Waals surface area contributed by atoms with Crippen molar-refractivity contribution in [2.24, 2.45) is 0 Å². The van der Waals surface area contributed by atoms with Gasteiger partial charge in [-0.3, -0.25) is 9.59 Å². The molecule has 0 radical (unpaired) electrons. The zero-order valence-electron chi connectivity index (χ0n) is 15.1. The van der Waals surface area contributed by atoms with Gasteiger partial charge >= 0.3 is 0 Å². The fraction of sp³-hybridized carbons (Fsp3) is 0.143. The van der Waals surface area contributed by atoms with Crippen molar-refractivity contribution in [2.45, 2.75) is 13.5 Å². The van der Waals surface area contributed by atoms with Crippen molar-refractivity contribution < 1.29 is 4.79 Å². The van der Waals surface area contributed by atoms with E-state index in [1.165, 1.54) is 11.0 Å². The van der Waals surface area contributed by atoms with Crippen molar-refractivity contribution >= 4 is 5.91 Å². The minimum atomic E-state index is -0.450. The molecule has 27 heavy (non-hydrogen) atoms. The molecule has 0 bridgehead atoms. The minimum absolute atomic E-state index is 0.124. The summed E-state index contributed by atoms with van der Waals surface area (Å²) in [4.78, 5) is 26.6. The first-order valence-corrected chi connectivity index (χ1v) is 8.40. The highest BCUT2D eigenvalue weighted by Crippen LogP contribution is 2.10. The Hall–Kier alpha value is -3.72. The normalized spacial score (nSPS) is 10.3. The number of benzene rings is 2. The van der Waals surface area contributed by atoms with Crippen molar-refractivity contribution in [1.82, 2.24) is 14.7 Å². The molecule has 1 heterocycles. The fourth-order valence-electron chi connectivity index (χ4n) is 2.74. The first-order valence-electron chi connectivity index (χ1n) is 8.40. The third-order valence-corrected chi connectivity index (χ3v) is 4.16. The van der Waals surface area contributed by atoms with Crippen LogP contribution in [0.1, 0.15) is 27.3 Å². The second-order valence-electron chi connectivity index (χ2n) is 6.22. The number of carbonyl (C=O) groups excluding carboxylic acids is 1. The Morgan fingerprint density at radius 1 is 1.15 bits per heavy atom. The average Bonchev–Trinajstić information content (AvgIpc) is 2.69. The largest absolute Gasteiger partial charge is 0.336 e. The third-order valence-electron chi connectivity index (χ3n) is 4.16. The average molecular weight is 358 g/mol. The molecule has 0 aliphatic heterocycles. The number of rotatable bonds is 4. The van der Waals surface area contributed by atoms with E-state index in [-0.39, 0.29) is 5.69 Å². The van der Waals surface area contributed by atoms with Crippen molar-refractivity contribution in [3.05, 3.63) is 93.4 Å². The van der Waals surface area contributed by atoms with Gasteiger partial charge in [-0.1, -0.05) is 30.3 Å². The monoisotopic (exact) mass is 358 g/mol. The van der Waals surface area contributed by atoms with Gasteiger partial charge in [0.2, 0.25) is 5.43 Å². The topological polar surface area (TPSA) is 79.0 Å². The van der Waals surface area contributed by atoms with Crippen molar-refractivity contribution in [3.63, 3.8) is 0 Å². The molecule has 0 saturated carbocycles. The molecule has 0 unspecified atom stereocenters. The van der Waals surface area contributed by atoms with Crippen LogP contribution in [0, 0.1) is 18.3 Å². The van der Waals surface area contributed by atoms with E-state index in [1.807, 2.05) is 30.3 Å². The second kappa shape index (κ2) is 7.67. The van der Waals surface area contributed by atoms with Gasteiger partial charge in [-0.25, -0.2) is 4.68 Å². The summed E-state index contributed by atoms with van der Waals surface area (Å²) in [6.45, 7) is 2.08. The molecular weight excluding hydrogens is 340 g/mol. The number of hydrogen-bond donors (Lipinski definition) is 0. The van der Waals surface area contributed by atoms with Crippen LogP contribution >= 0.6 is 0 Å². The first-order chi connectivity index (χ1) is 13.0. The molecule has 134 valence electrons. The van der Waals surface area contributed by atoms with Gasteiger partial charge in [-0.2, -0.15) is 10.4 Å². The summed E-state index contributed by atoms with van der Waals surface area (Å²) >= 11 is 0. The second-order valence-corrected chi connectivity index (χ2v) is 6.22. The summed E-state index contributed by atoms with van der Waals surface area (Å²) in [5.74, 6) is -0.450. The zero-order chi connectivity index (χ0) is 19.4. The van der Waals surface area contributed by atoms with E-state index < -0.39 is 11.3 Å². The molecule has 0 aliphatic carbocycles. The van der Waals surface area contributed by atoms with Gasteiger partial charge in [-0.05, 0) is 36.8 Å². The standard InChI is InChI=1S/C21H18N4O2/c1-15-12-19(26)20(23-25(15)18-6-4-3-5-7-18)21(27)24(2)14-17-10-8-16(13-22)9-11-17/h3-12H,14H2,1-2H3. The van der Waals surface area contributed by atoms with Crippen LogP contribution in [0.2, 0.25) is 0 Å².